The van der Waals surface area contributed by atoms with Gasteiger partial charge in [0.2, 0.25) is 0 Å². The number of fused-ring (bicyclic) bond motifs is 5. The van der Waals surface area contributed by atoms with Crippen LogP contribution in [0, 0.1) is 0 Å². The Balaban J connectivity index is 1.84. The number of aryl methyl sites for hydroxylation is 1. The van der Waals surface area contributed by atoms with Crippen molar-refractivity contribution in [1.82, 2.24) is 0 Å². The van der Waals surface area contributed by atoms with Gasteiger partial charge in [-0.05, 0) is 70.1 Å². The lowest BCUT2D eigenvalue weighted by Gasteiger charge is -2.45. The Bertz CT molecular complexity index is 1160. The lowest BCUT2D eigenvalue weighted by atomic mass is 9.87. The Kier molecular flexibility index (Phi) is 6.21. The second-order valence-electron chi connectivity index (χ2n) is 13.2. The highest BCUT2D eigenvalue weighted by atomic mass is 28.4. The van der Waals surface area contributed by atoms with Crippen LogP contribution in [0.4, 0.5) is 0 Å². The number of hydrogen-bond acceptors (Lipinski definition) is 3. The van der Waals surface area contributed by atoms with E-state index in [1.54, 1.807) is 0 Å². The molecular formula is C29H42O3Si2. The molecular weight excluding hydrogens is 452 g/mol. The molecule has 4 rings (SSSR count). The van der Waals surface area contributed by atoms with Gasteiger partial charge >= 0.3 is 0 Å². The van der Waals surface area contributed by atoms with Crippen LogP contribution in [-0.2, 0) is 15.3 Å². The predicted molar refractivity (Wildman–Crippen MR) is 149 cm³/mol. The molecule has 0 radical (unpaired) electrons. The molecule has 2 aliphatic carbocycles. The third kappa shape index (κ3) is 4.30. The Morgan fingerprint density at radius 2 is 1.38 bits per heavy atom. The van der Waals surface area contributed by atoms with Crippen LogP contribution in [-0.4, -0.2) is 28.5 Å². The fraction of sp³-hybridized carbons (Fsp3) is 0.552. The van der Waals surface area contributed by atoms with Crippen LogP contribution < -0.4 is 0 Å². The molecule has 0 unspecified atom stereocenters. The lowest BCUT2D eigenvalue weighted by molar-refractivity contribution is 0.0618. The number of hydrogen-bond donors (Lipinski definition) is 0. The molecule has 3 nitrogen and oxygen atoms in total. The molecule has 2 atom stereocenters. The van der Waals surface area contributed by atoms with E-state index in [1.807, 2.05) is 6.07 Å². The molecule has 2 aromatic carbocycles. The second kappa shape index (κ2) is 8.26. The van der Waals surface area contributed by atoms with Gasteiger partial charge in [-0.2, -0.15) is 0 Å². The summed E-state index contributed by atoms with van der Waals surface area (Å²) in [4.78, 5) is 12.3. The van der Waals surface area contributed by atoms with Crippen molar-refractivity contribution in [3.63, 3.8) is 0 Å². The molecule has 0 aromatic heterocycles. The highest BCUT2D eigenvalue weighted by molar-refractivity contribution is 6.74. The van der Waals surface area contributed by atoms with Crippen LogP contribution in [0.5, 0.6) is 0 Å². The molecule has 0 aliphatic heterocycles. The molecule has 0 saturated carbocycles. The van der Waals surface area contributed by atoms with Crippen molar-refractivity contribution in [2.24, 2.45) is 0 Å². The van der Waals surface area contributed by atoms with Crippen molar-refractivity contribution in [3.8, 4) is 0 Å². The van der Waals surface area contributed by atoms with E-state index in [-0.39, 0.29) is 28.1 Å². The first kappa shape index (κ1) is 25.6. The number of ketones is 1. The van der Waals surface area contributed by atoms with E-state index in [0.717, 1.165) is 12.0 Å². The van der Waals surface area contributed by atoms with Crippen molar-refractivity contribution in [2.75, 3.05) is 0 Å². The summed E-state index contributed by atoms with van der Waals surface area (Å²) < 4.78 is 14.1. The first-order valence-corrected chi connectivity index (χ1v) is 18.5. The van der Waals surface area contributed by atoms with Crippen molar-refractivity contribution in [1.29, 1.82) is 0 Å². The smallest absolute Gasteiger partial charge is 0.193 e. The lowest BCUT2D eigenvalue weighted by Crippen LogP contribution is -2.49. The van der Waals surface area contributed by atoms with Crippen LogP contribution in [0.25, 0.3) is 16.8 Å². The minimum atomic E-state index is -2.06. The number of benzene rings is 2. The molecule has 0 spiro atoms. The zero-order valence-electron chi connectivity index (χ0n) is 22.8. The summed E-state index contributed by atoms with van der Waals surface area (Å²) in [5.41, 5.74) is 4.55. The van der Waals surface area contributed by atoms with Crippen LogP contribution >= 0.6 is 0 Å². The number of Topliss-reactive ketones (excluding diaryl/α,β-unsaturated/α-hetero) is 1. The quantitative estimate of drug-likeness (QED) is 0.400. The molecule has 5 heteroatoms. The molecule has 0 fully saturated rings. The van der Waals surface area contributed by atoms with Gasteiger partial charge in [-0.25, -0.2) is 0 Å². The Hall–Kier alpha value is -1.54. The highest BCUT2D eigenvalue weighted by Crippen LogP contribution is 2.47. The maximum atomic E-state index is 12.3. The highest BCUT2D eigenvalue weighted by Gasteiger charge is 2.45. The molecule has 184 valence electrons. The van der Waals surface area contributed by atoms with E-state index in [0.29, 0.717) is 6.42 Å². The first-order chi connectivity index (χ1) is 15.5. The number of carbonyl (C=O) groups excluding carboxylic acids is 1. The van der Waals surface area contributed by atoms with Crippen LogP contribution in [0.3, 0.4) is 0 Å². The van der Waals surface area contributed by atoms with Crippen molar-refractivity contribution < 1.29 is 13.6 Å². The SMILES string of the molecule is CC(C)(C)[Si](C)(C)O[C@@H]1c2ccc3c4c(ccc3c2C=C[C@H]1O[Si](C)(C)C(C)(C)C)C(=O)CC4. The summed E-state index contributed by atoms with van der Waals surface area (Å²) in [6, 6.07) is 8.63. The zero-order chi connectivity index (χ0) is 25.3. The maximum absolute atomic E-state index is 12.3. The topological polar surface area (TPSA) is 35.5 Å². The Morgan fingerprint density at radius 3 is 2.00 bits per heavy atom. The molecule has 0 N–H and O–H groups in total. The monoisotopic (exact) mass is 494 g/mol. The molecule has 2 aliphatic rings. The summed E-state index contributed by atoms with van der Waals surface area (Å²) >= 11 is 0. The third-order valence-corrected chi connectivity index (χ3v) is 17.7. The molecule has 0 heterocycles. The van der Waals surface area contributed by atoms with E-state index >= 15 is 0 Å². The van der Waals surface area contributed by atoms with Crippen molar-refractivity contribution in [3.05, 3.63) is 52.6 Å². The summed E-state index contributed by atoms with van der Waals surface area (Å²) in [6.07, 6.45) is 5.71. The second-order valence-corrected chi connectivity index (χ2v) is 22.7. The van der Waals surface area contributed by atoms with Gasteiger partial charge in [0.1, 0.15) is 0 Å². The van der Waals surface area contributed by atoms with Crippen LogP contribution in [0.2, 0.25) is 36.3 Å². The van der Waals surface area contributed by atoms with E-state index in [1.165, 1.54) is 27.5 Å². The zero-order valence-corrected chi connectivity index (χ0v) is 24.8. The summed E-state index contributed by atoms with van der Waals surface area (Å²) in [7, 11) is -4.07. The number of rotatable bonds is 4. The third-order valence-electron chi connectivity index (χ3n) is 8.81. The maximum Gasteiger partial charge on any atom is 0.193 e. The van der Waals surface area contributed by atoms with Crippen molar-refractivity contribution >= 4 is 39.3 Å². The summed E-state index contributed by atoms with van der Waals surface area (Å²) in [6.45, 7) is 23.1. The van der Waals surface area contributed by atoms with E-state index in [9.17, 15) is 4.79 Å². The molecule has 0 bridgehead atoms. The van der Waals surface area contributed by atoms with Gasteiger partial charge in [0, 0.05) is 12.0 Å². The summed E-state index contributed by atoms with van der Waals surface area (Å²) in [5.74, 6) is 0.270. The fourth-order valence-corrected chi connectivity index (χ4v) is 7.04. The normalized spacial score (nSPS) is 21.2. The predicted octanol–water partition coefficient (Wildman–Crippen LogP) is 8.45. The number of carbonyl (C=O) groups is 1. The Morgan fingerprint density at radius 1 is 0.794 bits per heavy atom. The van der Waals surface area contributed by atoms with Gasteiger partial charge in [0.25, 0.3) is 0 Å². The molecule has 2 aromatic rings. The molecule has 34 heavy (non-hydrogen) atoms. The largest absolute Gasteiger partial charge is 0.408 e. The Labute approximate surface area is 208 Å². The van der Waals surface area contributed by atoms with Gasteiger partial charge in [-0.1, -0.05) is 78.0 Å². The average molecular weight is 495 g/mol. The van der Waals surface area contributed by atoms with E-state index in [2.05, 4.69) is 98.1 Å². The van der Waals surface area contributed by atoms with Crippen LogP contribution in [0.15, 0.2) is 30.3 Å². The summed E-state index contributed by atoms with van der Waals surface area (Å²) in [5, 5.41) is 2.66. The standard InChI is InChI=1S/C29H42O3Si2/c1-28(2,3)33(7,8)31-26-18-16-22-20-11-13-23-21(15-17-25(23)30)19(20)12-14-24(22)27(26)32-34(9,10)29(4,5)6/h11-14,16,18,26-27H,15,17H2,1-10H3/t26-,27-/m1/s1. The first-order valence-electron chi connectivity index (χ1n) is 12.7. The fourth-order valence-electron chi connectivity index (χ4n) is 4.56. The molecule has 0 amide bonds. The van der Waals surface area contributed by atoms with E-state index in [4.69, 9.17) is 8.85 Å². The van der Waals surface area contributed by atoms with Gasteiger partial charge in [-0.3, -0.25) is 4.79 Å². The van der Waals surface area contributed by atoms with Crippen LogP contribution in [0.1, 0.15) is 81.1 Å². The minimum Gasteiger partial charge on any atom is -0.408 e. The average Bonchev–Trinajstić information content (AvgIpc) is 3.08. The van der Waals surface area contributed by atoms with Gasteiger partial charge in [0.05, 0.1) is 12.2 Å². The van der Waals surface area contributed by atoms with E-state index < -0.39 is 16.6 Å². The minimum absolute atomic E-state index is 0.101. The van der Waals surface area contributed by atoms with Gasteiger partial charge in [-0.15, -0.1) is 0 Å². The molecule has 0 saturated heterocycles. The van der Waals surface area contributed by atoms with Gasteiger partial charge in [0.15, 0.2) is 22.4 Å². The van der Waals surface area contributed by atoms with Gasteiger partial charge < -0.3 is 8.85 Å². The van der Waals surface area contributed by atoms with Crippen molar-refractivity contribution in [2.45, 2.75) is 103 Å².